The van der Waals surface area contributed by atoms with Gasteiger partial charge in [0.25, 0.3) is 0 Å². The fourth-order valence-corrected chi connectivity index (χ4v) is 2.43. The van der Waals surface area contributed by atoms with Crippen LogP contribution in [0, 0.1) is 0 Å². The van der Waals surface area contributed by atoms with Crippen LogP contribution in [0.4, 0.5) is 0 Å². The smallest absolute Gasteiger partial charge is 0.238 e. The molecule has 18 heavy (non-hydrogen) atoms. The van der Waals surface area contributed by atoms with Crippen molar-refractivity contribution in [1.29, 1.82) is 0 Å². The Balaban J connectivity index is 2.15. The molecule has 1 amide bonds. The predicted molar refractivity (Wildman–Crippen MR) is 72.4 cm³/mol. The highest BCUT2D eigenvalue weighted by atomic mass is 32.2. The number of carbonyl (C=O) groups excluding carboxylic acids is 1. The number of rotatable bonds is 4. The molecule has 0 spiro atoms. The van der Waals surface area contributed by atoms with Gasteiger partial charge in [0, 0.05) is 28.9 Å². The number of carbonyl (C=O) groups is 1. The van der Waals surface area contributed by atoms with E-state index in [4.69, 9.17) is 0 Å². The SMILES string of the molecule is CC(CN1C(=O)CNC1c1ccccc1)S(C)=O. The van der Waals surface area contributed by atoms with E-state index >= 15 is 0 Å². The zero-order valence-electron chi connectivity index (χ0n) is 10.6. The highest BCUT2D eigenvalue weighted by molar-refractivity contribution is 7.84. The number of amides is 1. The van der Waals surface area contributed by atoms with Gasteiger partial charge in [-0.15, -0.1) is 0 Å². The second kappa shape index (κ2) is 5.63. The molecule has 1 N–H and O–H groups in total. The maximum atomic E-state index is 11.9. The van der Waals surface area contributed by atoms with Gasteiger partial charge in [0.15, 0.2) is 0 Å². The van der Waals surface area contributed by atoms with Crippen molar-refractivity contribution < 1.29 is 9.00 Å². The fourth-order valence-electron chi connectivity index (χ4n) is 2.06. The third kappa shape index (κ3) is 2.79. The van der Waals surface area contributed by atoms with E-state index in [-0.39, 0.29) is 17.3 Å². The summed E-state index contributed by atoms with van der Waals surface area (Å²) in [6.07, 6.45) is 1.58. The molecule has 2 rings (SSSR count). The third-order valence-corrected chi connectivity index (χ3v) is 4.50. The van der Waals surface area contributed by atoms with Gasteiger partial charge in [-0.2, -0.15) is 0 Å². The van der Waals surface area contributed by atoms with Crippen LogP contribution in [0.5, 0.6) is 0 Å². The molecule has 5 heteroatoms. The van der Waals surface area contributed by atoms with Crippen molar-refractivity contribution in [2.45, 2.75) is 18.3 Å². The molecule has 0 saturated carbocycles. The number of hydrogen-bond acceptors (Lipinski definition) is 3. The highest BCUT2D eigenvalue weighted by Crippen LogP contribution is 2.22. The first-order chi connectivity index (χ1) is 8.59. The molecule has 0 bridgehead atoms. The van der Waals surface area contributed by atoms with Gasteiger partial charge in [0.05, 0.1) is 6.54 Å². The van der Waals surface area contributed by atoms with Crippen molar-refractivity contribution in [3.63, 3.8) is 0 Å². The van der Waals surface area contributed by atoms with Crippen molar-refractivity contribution in [2.75, 3.05) is 19.3 Å². The summed E-state index contributed by atoms with van der Waals surface area (Å²) >= 11 is 0. The molecular formula is C13H18N2O2S. The minimum absolute atomic E-state index is 0.0138. The zero-order chi connectivity index (χ0) is 13.1. The molecule has 1 saturated heterocycles. The molecule has 0 aromatic heterocycles. The second-order valence-electron chi connectivity index (χ2n) is 4.55. The van der Waals surface area contributed by atoms with Crippen LogP contribution < -0.4 is 5.32 Å². The largest absolute Gasteiger partial charge is 0.321 e. The Kier molecular flexibility index (Phi) is 4.14. The standard InChI is InChI=1S/C13H18N2O2S/c1-10(18(2)17)9-15-12(16)8-14-13(15)11-6-4-3-5-7-11/h3-7,10,13-14H,8-9H2,1-2H3. The van der Waals surface area contributed by atoms with Crippen molar-refractivity contribution in [2.24, 2.45) is 0 Å². The zero-order valence-corrected chi connectivity index (χ0v) is 11.4. The summed E-state index contributed by atoms with van der Waals surface area (Å²) in [6, 6.07) is 9.86. The predicted octanol–water partition coefficient (Wildman–Crippen LogP) is 0.884. The van der Waals surface area contributed by atoms with Gasteiger partial charge in [-0.1, -0.05) is 30.3 Å². The molecule has 1 aromatic carbocycles. The maximum Gasteiger partial charge on any atom is 0.238 e. The van der Waals surface area contributed by atoms with E-state index in [1.165, 1.54) is 0 Å². The molecule has 1 aliphatic rings. The van der Waals surface area contributed by atoms with Crippen LogP contribution in [-0.4, -0.2) is 39.6 Å². The van der Waals surface area contributed by atoms with Gasteiger partial charge >= 0.3 is 0 Å². The van der Waals surface area contributed by atoms with Crippen LogP contribution in [-0.2, 0) is 15.6 Å². The summed E-state index contributed by atoms with van der Waals surface area (Å²) in [5.74, 6) is 0.0705. The topological polar surface area (TPSA) is 49.4 Å². The lowest BCUT2D eigenvalue weighted by atomic mass is 10.1. The van der Waals surface area contributed by atoms with Gasteiger partial charge in [-0.3, -0.25) is 14.3 Å². The van der Waals surface area contributed by atoms with Gasteiger partial charge in [-0.25, -0.2) is 0 Å². The Morgan fingerprint density at radius 3 is 2.72 bits per heavy atom. The summed E-state index contributed by atoms with van der Waals surface area (Å²) in [6.45, 7) is 2.78. The lowest BCUT2D eigenvalue weighted by Crippen LogP contribution is -2.37. The highest BCUT2D eigenvalue weighted by Gasteiger charge is 2.32. The molecule has 1 fully saturated rings. The molecule has 0 radical (unpaired) electrons. The number of nitrogens with one attached hydrogen (secondary N) is 1. The second-order valence-corrected chi connectivity index (χ2v) is 6.35. The van der Waals surface area contributed by atoms with E-state index in [1.807, 2.05) is 37.3 Å². The first kappa shape index (κ1) is 13.2. The average molecular weight is 266 g/mol. The monoisotopic (exact) mass is 266 g/mol. The summed E-state index contributed by atoms with van der Waals surface area (Å²) in [7, 11) is -0.914. The van der Waals surface area contributed by atoms with Crippen LogP contribution in [0.3, 0.4) is 0 Å². The van der Waals surface area contributed by atoms with Crippen LogP contribution in [0.15, 0.2) is 30.3 Å². The maximum absolute atomic E-state index is 11.9. The van der Waals surface area contributed by atoms with Crippen molar-refractivity contribution in [3.8, 4) is 0 Å². The number of nitrogens with zero attached hydrogens (tertiary/aromatic N) is 1. The molecule has 0 aliphatic carbocycles. The van der Waals surface area contributed by atoms with Crippen molar-refractivity contribution in [3.05, 3.63) is 35.9 Å². The van der Waals surface area contributed by atoms with E-state index in [0.717, 1.165) is 5.56 Å². The minimum Gasteiger partial charge on any atom is -0.321 e. The lowest BCUT2D eigenvalue weighted by molar-refractivity contribution is -0.128. The molecule has 1 aromatic rings. The Labute approximate surface area is 110 Å². The summed E-state index contributed by atoms with van der Waals surface area (Å²) in [5, 5.41) is 3.18. The molecule has 3 atom stereocenters. The average Bonchev–Trinajstić information content (AvgIpc) is 2.72. The van der Waals surface area contributed by atoms with E-state index in [2.05, 4.69) is 5.32 Å². The van der Waals surface area contributed by atoms with E-state index < -0.39 is 10.8 Å². The number of hydrogen-bond donors (Lipinski definition) is 1. The first-order valence-electron chi connectivity index (χ1n) is 5.99. The van der Waals surface area contributed by atoms with Crippen LogP contribution in [0.2, 0.25) is 0 Å². The van der Waals surface area contributed by atoms with Crippen molar-refractivity contribution in [1.82, 2.24) is 10.2 Å². The quantitative estimate of drug-likeness (QED) is 0.880. The summed E-state index contributed by atoms with van der Waals surface area (Å²) in [5.41, 5.74) is 1.07. The van der Waals surface area contributed by atoms with Gasteiger partial charge < -0.3 is 4.90 Å². The minimum atomic E-state index is -0.914. The first-order valence-corrected chi connectivity index (χ1v) is 7.61. The van der Waals surface area contributed by atoms with Gasteiger partial charge in [-0.05, 0) is 12.5 Å². The van der Waals surface area contributed by atoms with Gasteiger partial charge in [0.2, 0.25) is 5.91 Å². The number of benzene rings is 1. The van der Waals surface area contributed by atoms with Crippen LogP contribution >= 0.6 is 0 Å². The van der Waals surface area contributed by atoms with E-state index in [0.29, 0.717) is 13.1 Å². The fraction of sp³-hybridized carbons (Fsp3) is 0.462. The van der Waals surface area contributed by atoms with Crippen molar-refractivity contribution >= 4 is 16.7 Å². The summed E-state index contributed by atoms with van der Waals surface area (Å²) < 4.78 is 11.4. The summed E-state index contributed by atoms with van der Waals surface area (Å²) in [4.78, 5) is 13.7. The molecule has 1 heterocycles. The Morgan fingerprint density at radius 2 is 2.11 bits per heavy atom. The Morgan fingerprint density at radius 1 is 1.44 bits per heavy atom. The van der Waals surface area contributed by atoms with Crippen LogP contribution in [0.25, 0.3) is 0 Å². The van der Waals surface area contributed by atoms with Crippen LogP contribution in [0.1, 0.15) is 18.7 Å². The molecular weight excluding hydrogens is 248 g/mol. The van der Waals surface area contributed by atoms with E-state index in [9.17, 15) is 9.00 Å². The third-order valence-electron chi connectivity index (χ3n) is 3.21. The molecule has 1 aliphatic heterocycles. The lowest BCUT2D eigenvalue weighted by Gasteiger charge is -2.26. The molecule has 4 nitrogen and oxygen atoms in total. The molecule has 3 unspecified atom stereocenters. The van der Waals surface area contributed by atoms with E-state index in [1.54, 1.807) is 11.2 Å². The Hall–Kier alpha value is -1.20. The molecule has 98 valence electrons. The van der Waals surface area contributed by atoms with Gasteiger partial charge in [0.1, 0.15) is 6.17 Å². The Bertz CT molecular complexity index is 450. The normalized spacial score (nSPS) is 23.1.